The van der Waals surface area contributed by atoms with Crippen molar-refractivity contribution in [1.82, 2.24) is 4.98 Å². The van der Waals surface area contributed by atoms with Crippen LogP contribution in [-0.2, 0) is 0 Å². The molecule has 19 heavy (non-hydrogen) atoms. The molecule has 0 fully saturated rings. The van der Waals surface area contributed by atoms with Crippen molar-refractivity contribution in [3.05, 3.63) is 54.0 Å². The molecule has 1 aromatic heterocycles. The lowest BCUT2D eigenvalue weighted by atomic mass is 10.1. The van der Waals surface area contributed by atoms with Gasteiger partial charge in [-0.05, 0) is 29.8 Å². The standard InChI is InChI=1S/C14H15FN2O2/c1-19-14-6-5-10(8-16-14)13(9-18)17-12-4-2-3-11(15)7-12/h2-8,13,17-18H,9H2,1H3. The molecule has 2 rings (SSSR count). The van der Waals surface area contributed by atoms with Crippen LogP contribution in [0.3, 0.4) is 0 Å². The zero-order valence-corrected chi connectivity index (χ0v) is 10.5. The third-order valence-corrected chi connectivity index (χ3v) is 2.72. The minimum atomic E-state index is -0.347. The highest BCUT2D eigenvalue weighted by Gasteiger charge is 2.11. The Labute approximate surface area is 110 Å². The lowest BCUT2D eigenvalue weighted by Gasteiger charge is -2.18. The molecule has 0 spiro atoms. The molecule has 2 N–H and O–H groups in total. The molecule has 0 saturated heterocycles. The Morgan fingerprint density at radius 1 is 1.37 bits per heavy atom. The van der Waals surface area contributed by atoms with Crippen LogP contribution >= 0.6 is 0 Å². The maximum absolute atomic E-state index is 13.1. The molecule has 0 aliphatic carbocycles. The van der Waals surface area contributed by atoms with Crippen LogP contribution in [0.25, 0.3) is 0 Å². The molecule has 5 heteroatoms. The van der Waals surface area contributed by atoms with Gasteiger partial charge in [0.25, 0.3) is 0 Å². The van der Waals surface area contributed by atoms with E-state index in [1.807, 2.05) is 0 Å². The van der Waals surface area contributed by atoms with Crippen LogP contribution < -0.4 is 10.1 Å². The lowest BCUT2D eigenvalue weighted by Crippen LogP contribution is -2.15. The summed E-state index contributed by atoms with van der Waals surface area (Å²) in [5, 5.41) is 12.5. The van der Waals surface area contributed by atoms with Gasteiger partial charge in [-0.3, -0.25) is 0 Å². The predicted molar refractivity (Wildman–Crippen MR) is 70.6 cm³/mol. The highest BCUT2D eigenvalue weighted by molar-refractivity contribution is 5.45. The monoisotopic (exact) mass is 262 g/mol. The molecule has 1 heterocycles. The molecule has 0 aliphatic rings. The van der Waals surface area contributed by atoms with Crippen molar-refractivity contribution in [3.63, 3.8) is 0 Å². The number of benzene rings is 1. The fourth-order valence-electron chi connectivity index (χ4n) is 1.73. The van der Waals surface area contributed by atoms with Gasteiger partial charge in [-0.15, -0.1) is 0 Å². The number of rotatable bonds is 5. The second-order valence-electron chi connectivity index (χ2n) is 4.02. The fourth-order valence-corrected chi connectivity index (χ4v) is 1.73. The van der Waals surface area contributed by atoms with E-state index in [0.29, 0.717) is 11.6 Å². The molecular weight excluding hydrogens is 247 g/mol. The number of aliphatic hydroxyl groups excluding tert-OH is 1. The molecule has 4 nitrogen and oxygen atoms in total. The first kappa shape index (κ1) is 13.3. The molecule has 0 radical (unpaired) electrons. The van der Waals surface area contributed by atoms with E-state index in [2.05, 4.69) is 10.3 Å². The van der Waals surface area contributed by atoms with Crippen LogP contribution in [-0.4, -0.2) is 23.8 Å². The van der Waals surface area contributed by atoms with E-state index in [0.717, 1.165) is 5.56 Å². The van der Waals surface area contributed by atoms with Gasteiger partial charge in [0.2, 0.25) is 5.88 Å². The van der Waals surface area contributed by atoms with Crippen molar-refractivity contribution < 1.29 is 14.2 Å². The Balaban J connectivity index is 2.15. The Bertz CT molecular complexity index is 531. The number of nitrogens with one attached hydrogen (secondary N) is 1. The van der Waals surface area contributed by atoms with Gasteiger partial charge in [0.05, 0.1) is 19.8 Å². The van der Waals surface area contributed by atoms with Gasteiger partial charge in [0, 0.05) is 18.0 Å². The first-order chi connectivity index (χ1) is 9.22. The Kier molecular flexibility index (Phi) is 4.30. The third-order valence-electron chi connectivity index (χ3n) is 2.72. The first-order valence-corrected chi connectivity index (χ1v) is 5.86. The highest BCUT2D eigenvalue weighted by atomic mass is 19.1. The molecule has 1 atom stereocenters. The zero-order valence-electron chi connectivity index (χ0n) is 10.5. The zero-order chi connectivity index (χ0) is 13.7. The second kappa shape index (κ2) is 6.15. The summed E-state index contributed by atoms with van der Waals surface area (Å²) in [6.45, 7) is -0.121. The average molecular weight is 262 g/mol. The summed E-state index contributed by atoms with van der Waals surface area (Å²) in [5.41, 5.74) is 1.41. The number of aliphatic hydroxyl groups is 1. The van der Waals surface area contributed by atoms with E-state index >= 15 is 0 Å². The molecule has 0 saturated carbocycles. The average Bonchev–Trinajstić information content (AvgIpc) is 2.45. The number of nitrogens with zero attached hydrogens (tertiary/aromatic N) is 1. The topological polar surface area (TPSA) is 54.4 Å². The van der Waals surface area contributed by atoms with Crippen molar-refractivity contribution in [2.45, 2.75) is 6.04 Å². The molecular formula is C14H15FN2O2. The van der Waals surface area contributed by atoms with Gasteiger partial charge in [0.15, 0.2) is 0 Å². The number of ether oxygens (including phenoxy) is 1. The summed E-state index contributed by atoms with van der Waals surface area (Å²) < 4.78 is 18.1. The van der Waals surface area contributed by atoms with Crippen LogP contribution in [0, 0.1) is 5.82 Å². The van der Waals surface area contributed by atoms with Crippen LogP contribution in [0.2, 0.25) is 0 Å². The van der Waals surface area contributed by atoms with E-state index < -0.39 is 0 Å². The Hall–Kier alpha value is -2.14. The van der Waals surface area contributed by atoms with Crippen LogP contribution in [0.5, 0.6) is 5.88 Å². The van der Waals surface area contributed by atoms with Crippen LogP contribution in [0.15, 0.2) is 42.6 Å². The van der Waals surface area contributed by atoms with Crippen LogP contribution in [0.1, 0.15) is 11.6 Å². The number of pyridine rings is 1. The van der Waals surface area contributed by atoms with E-state index in [1.165, 1.54) is 19.2 Å². The third kappa shape index (κ3) is 3.42. The molecule has 1 aromatic carbocycles. The van der Waals surface area contributed by atoms with Crippen molar-refractivity contribution in [1.29, 1.82) is 0 Å². The van der Waals surface area contributed by atoms with E-state index in [9.17, 15) is 9.50 Å². The van der Waals surface area contributed by atoms with Crippen LogP contribution in [0.4, 0.5) is 10.1 Å². The molecule has 1 unspecified atom stereocenters. The van der Waals surface area contributed by atoms with E-state index in [1.54, 1.807) is 30.5 Å². The van der Waals surface area contributed by atoms with Crippen molar-refractivity contribution in [3.8, 4) is 5.88 Å². The summed E-state index contributed by atoms with van der Waals surface area (Å²) in [6.07, 6.45) is 1.62. The number of hydrogen-bond acceptors (Lipinski definition) is 4. The quantitative estimate of drug-likeness (QED) is 0.868. The van der Waals surface area contributed by atoms with Crippen molar-refractivity contribution >= 4 is 5.69 Å². The van der Waals surface area contributed by atoms with E-state index in [4.69, 9.17) is 4.74 Å². The predicted octanol–water partition coefficient (Wildman–Crippen LogP) is 2.37. The summed E-state index contributed by atoms with van der Waals surface area (Å²) in [4.78, 5) is 4.08. The number of anilines is 1. The maximum Gasteiger partial charge on any atom is 0.212 e. The maximum atomic E-state index is 13.1. The second-order valence-corrected chi connectivity index (χ2v) is 4.02. The Morgan fingerprint density at radius 2 is 2.21 bits per heavy atom. The van der Waals surface area contributed by atoms with Gasteiger partial charge in [0.1, 0.15) is 5.82 Å². The first-order valence-electron chi connectivity index (χ1n) is 5.86. The summed E-state index contributed by atoms with van der Waals surface area (Å²) >= 11 is 0. The summed E-state index contributed by atoms with van der Waals surface area (Å²) in [5.74, 6) is 0.181. The van der Waals surface area contributed by atoms with E-state index in [-0.39, 0.29) is 18.5 Å². The Morgan fingerprint density at radius 3 is 2.79 bits per heavy atom. The van der Waals surface area contributed by atoms with Crippen molar-refractivity contribution in [2.75, 3.05) is 19.0 Å². The van der Waals surface area contributed by atoms with Gasteiger partial charge < -0.3 is 15.2 Å². The minimum Gasteiger partial charge on any atom is -0.481 e. The lowest BCUT2D eigenvalue weighted by molar-refractivity contribution is 0.276. The van der Waals surface area contributed by atoms with Gasteiger partial charge in [-0.25, -0.2) is 9.37 Å². The molecule has 100 valence electrons. The minimum absolute atomic E-state index is 0.121. The van der Waals surface area contributed by atoms with Crippen molar-refractivity contribution in [2.24, 2.45) is 0 Å². The number of aromatic nitrogens is 1. The highest BCUT2D eigenvalue weighted by Crippen LogP contribution is 2.20. The number of methoxy groups -OCH3 is 1. The largest absolute Gasteiger partial charge is 0.481 e. The molecule has 0 amide bonds. The van der Waals surface area contributed by atoms with Gasteiger partial charge in [-0.1, -0.05) is 6.07 Å². The van der Waals surface area contributed by atoms with Gasteiger partial charge in [-0.2, -0.15) is 0 Å². The normalized spacial score (nSPS) is 11.9. The SMILES string of the molecule is COc1ccc(C(CO)Nc2cccc(F)c2)cn1. The van der Waals surface area contributed by atoms with Gasteiger partial charge >= 0.3 is 0 Å². The number of hydrogen-bond donors (Lipinski definition) is 2. The summed E-state index contributed by atoms with van der Waals surface area (Å²) in [7, 11) is 1.54. The smallest absolute Gasteiger partial charge is 0.212 e. The fraction of sp³-hybridized carbons (Fsp3) is 0.214. The molecule has 0 aliphatic heterocycles. The molecule has 2 aromatic rings. The number of halogens is 1. The summed E-state index contributed by atoms with van der Waals surface area (Å²) in [6, 6.07) is 9.26. The molecule has 0 bridgehead atoms.